The third-order valence-corrected chi connectivity index (χ3v) is 2.59. The number of nitrogens with one attached hydrogen (secondary N) is 1. The highest BCUT2D eigenvalue weighted by molar-refractivity contribution is 6.30. The molecule has 0 aliphatic heterocycles. The number of benzene rings is 1. The summed E-state index contributed by atoms with van der Waals surface area (Å²) in [4.78, 5) is 22.6. The van der Waals surface area contributed by atoms with Crippen molar-refractivity contribution >= 4 is 23.7 Å². The third kappa shape index (κ3) is 5.93. The highest BCUT2D eigenvalue weighted by atomic mass is 35.5. The highest BCUT2D eigenvalue weighted by Gasteiger charge is 2.22. The molecule has 0 spiro atoms. The van der Waals surface area contributed by atoms with Crippen molar-refractivity contribution in [3.05, 3.63) is 34.9 Å². The summed E-state index contributed by atoms with van der Waals surface area (Å²) >= 11 is 5.79. The summed E-state index contributed by atoms with van der Waals surface area (Å²) < 4.78 is 5.13. The van der Waals surface area contributed by atoms with Crippen LogP contribution in [0.25, 0.3) is 0 Å². The summed E-state index contributed by atoms with van der Waals surface area (Å²) in [5, 5.41) is 12.0. The van der Waals surface area contributed by atoms with E-state index in [1.54, 1.807) is 45.0 Å². The van der Waals surface area contributed by atoms with Gasteiger partial charge in [-0.2, -0.15) is 0 Å². The number of halogens is 1. The number of hydrogen-bond donors (Lipinski definition) is 2. The van der Waals surface area contributed by atoms with E-state index in [4.69, 9.17) is 21.4 Å². The van der Waals surface area contributed by atoms with Gasteiger partial charge in [0.05, 0.1) is 12.5 Å². The van der Waals surface area contributed by atoms with E-state index in [0.717, 1.165) is 0 Å². The van der Waals surface area contributed by atoms with Crippen molar-refractivity contribution in [2.24, 2.45) is 0 Å². The standard InChI is InChI=1S/C14H18ClNO4/c1-14(2,3)20-13(19)16-11(8-12(17)18)9-4-6-10(15)7-5-9/h4-7,11H,8H2,1-3H3,(H,16,19)(H,17,18). The Kier molecular flexibility index (Phi) is 5.39. The summed E-state index contributed by atoms with van der Waals surface area (Å²) in [6, 6.07) is 5.96. The normalized spacial score (nSPS) is 12.6. The van der Waals surface area contributed by atoms with Gasteiger partial charge in [0.15, 0.2) is 0 Å². The Labute approximate surface area is 122 Å². The molecular formula is C14H18ClNO4. The first-order valence-corrected chi connectivity index (χ1v) is 6.52. The molecule has 1 atom stereocenters. The van der Waals surface area contributed by atoms with Crippen LogP contribution in [0.5, 0.6) is 0 Å². The molecule has 0 aromatic heterocycles. The number of ether oxygens (including phenoxy) is 1. The molecule has 1 unspecified atom stereocenters. The molecule has 0 radical (unpaired) electrons. The minimum atomic E-state index is -1.01. The highest BCUT2D eigenvalue weighted by Crippen LogP contribution is 2.20. The van der Waals surface area contributed by atoms with Gasteiger partial charge in [-0.1, -0.05) is 23.7 Å². The largest absolute Gasteiger partial charge is 0.481 e. The smallest absolute Gasteiger partial charge is 0.408 e. The fourth-order valence-corrected chi connectivity index (χ4v) is 1.70. The molecule has 1 aromatic carbocycles. The molecule has 6 heteroatoms. The van der Waals surface area contributed by atoms with Crippen LogP contribution in [0.4, 0.5) is 4.79 Å². The Balaban J connectivity index is 2.82. The Morgan fingerprint density at radius 1 is 1.30 bits per heavy atom. The molecule has 110 valence electrons. The van der Waals surface area contributed by atoms with Gasteiger partial charge in [0, 0.05) is 5.02 Å². The Hall–Kier alpha value is -1.75. The number of carbonyl (C=O) groups excluding carboxylic acids is 1. The first-order valence-electron chi connectivity index (χ1n) is 6.14. The zero-order chi connectivity index (χ0) is 15.3. The van der Waals surface area contributed by atoms with Crippen molar-refractivity contribution in [1.29, 1.82) is 0 Å². The Morgan fingerprint density at radius 3 is 2.30 bits per heavy atom. The van der Waals surface area contributed by atoms with Crippen LogP contribution in [0.2, 0.25) is 5.02 Å². The molecule has 5 nitrogen and oxygen atoms in total. The van der Waals surface area contributed by atoms with Gasteiger partial charge in [-0.05, 0) is 38.5 Å². The van der Waals surface area contributed by atoms with Gasteiger partial charge in [0.2, 0.25) is 0 Å². The van der Waals surface area contributed by atoms with Crippen LogP contribution in [-0.2, 0) is 9.53 Å². The number of aliphatic carboxylic acids is 1. The summed E-state index contributed by atoms with van der Waals surface area (Å²) in [5.41, 5.74) is 0.0142. The monoisotopic (exact) mass is 299 g/mol. The van der Waals surface area contributed by atoms with Crippen molar-refractivity contribution in [3.8, 4) is 0 Å². The molecule has 0 fully saturated rings. The van der Waals surface area contributed by atoms with Crippen LogP contribution in [0, 0.1) is 0 Å². The number of alkyl carbamates (subject to hydrolysis) is 1. The van der Waals surface area contributed by atoms with Gasteiger partial charge in [0.25, 0.3) is 0 Å². The molecule has 0 aliphatic rings. The van der Waals surface area contributed by atoms with Gasteiger partial charge < -0.3 is 15.2 Å². The third-order valence-electron chi connectivity index (χ3n) is 2.34. The number of carboxylic acid groups (broad SMARTS) is 1. The number of rotatable bonds is 4. The topological polar surface area (TPSA) is 75.6 Å². The molecule has 1 rings (SSSR count). The maximum absolute atomic E-state index is 11.7. The number of hydrogen-bond acceptors (Lipinski definition) is 3. The molecule has 0 aliphatic carbocycles. The maximum atomic E-state index is 11.7. The number of amides is 1. The molecule has 0 heterocycles. The predicted octanol–water partition coefficient (Wildman–Crippen LogP) is 3.38. The molecule has 1 aromatic rings. The second-order valence-electron chi connectivity index (χ2n) is 5.35. The zero-order valence-electron chi connectivity index (χ0n) is 11.6. The van der Waals surface area contributed by atoms with E-state index in [0.29, 0.717) is 10.6 Å². The quantitative estimate of drug-likeness (QED) is 0.893. The van der Waals surface area contributed by atoms with Crippen LogP contribution >= 0.6 is 11.6 Å². The average molecular weight is 300 g/mol. The fourth-order valence-electron chi connectivity index (χ4n) is 1.57. The van der Waals surface area contributed by atoms with Gasteiger partial charge in [-0.15, -0.1) is 0 Å². The molecule has 0 saturated heterocycles. The van der Waals surface area contributed by atoms with Crippen molar-refractivity contribution in [2.75, 3.05) is 0 Å². The second-order valence-corrected chi connectivity index (χ2v) is 5.78. The van der Waals surface area contributed by atoms with E-state index in [1.165, 1.54) is 0 Å². The van der Waals surface area contributed by atoms with Gasteiger partial charge >= 0.3 is 12.1 Å². The lowest BCUT2D eigenvalue weighted by atomic mass is 10.0. The SMILES string of the molecule is CC(C)(C)OC(=O)NC(CC(=O)O)c1ccc(Cl)cc1. The predicted molar refractivity (Wildman–Crippen MR) is 75.8 cm³/mol. The van der Waals surface area contributed by atoms with Crippen LogP contribution in [-0.4, -0.2) is 22.8 Å². The minimum absolute atomic E-state index is 0.235. The zero-order valence-corrected chi connectivity index (χ0v) is 12.4. The summed E-state index contributed by atoms with van der Waals surface area (Å²) in [5.74, 6) is -1.01. The lowest BCUT2D eigenvalue weighted by Crippen LogP contribution is -2.35. The molecule has 0 bridgehead atoms. The van der Waals surface area contributed by atoms with Crippen molar-refractivity contribution in [3.63, 3.8) is 0 Å². The Morgan fingerprint density at radius 2 is 1.85 bits per heavy atom. The van der Waals surface area contributed by atoms with E-state index in [2.05, 4.69) is 5.32 Å². The lowest BCUT2D eigenvalue weighted by Gasteiger charge is -2.23. The first kappa shape index (κ1) is 16.3. The second kappa shape index (κ2) is 6.61. The summed E-state index contributed by atoms with van der Waals surface area (Å²) in [6.07, 6.45) is -0.889. The molecule has 20 heavy (non-hydrogen) atoms. The molecule has 0 saturated carbocycles. The summed E-state index contributed by atoms with van der Waals surface area (Å²) in [6.45, 7) is 5.21. The van der Waals surface area contributed by atoms with Crippen LogP contribution < -0.4 is 5.32 Å². The maximum Gasteiger partial charge on any atom is 0.408 e. The van der Waals surface area contributed by atoms with E-state index >= 15 is 0 Å². The Bertz CT molecular complexity index is 479. The summed E-state index contributed by atoms with van der Waals surface area (Å²) in [7, 11) is 0. The van der Waals surface area contributed by atoms with Crippen molar-refractivity contribution < 1.29 is 19.4 Å². The number of carbonyl (C=O) groups is 2. The molecule has 1 amide bonds. The van der Waals surface area contributed by atoms with Gasteiger partial charge in [-0.3, -0.25) is 4.79 Å². The first-order chi connectivity index (χ1) is 9.17. The lowest BCUT2D eigenvalue weighted by molar-refractivity contribution is -0.137. The van der Waals surface area contributed by atoms with E-state index < -0.39 is 23.7 Å². The average Bonchev–Trinajstić information content (AvgIpc) is 2.25. The van der Waals surface area contributed by atoms with Gasteiger partial charge in [0.1, 0.15) is 5.60 Å². The molecular weight excluding hydrogens is 282 g/mol. The number of carboxylic acids is 1. The van der Waals surface area contributed by atoms with E-state index in [-0.39, 0.29) is 6.42 Å². The fraction of sp³-hybridized carbons (Fsp3) is 0.429. The van der Waals surface area contributed by atoms with Crippen LogP contribution in [0.1, 0.15) is 38.8 Å². The van der Waals surface area contributed by atoms with E-state index in [9.17, 15) is 9.59 Å². The van der Waals surface area contributed by atoms with Crippen LogP contribution in [0.15, 0.2) is 24.3 Å². The molecule has 2 N–H and O–H groups in total. The van der Waals surface area contributed by atoms with Crippen molar-refractivity contribution in [1.82, 2.24) is 5.32 Å². The minimum Gasteiger partial charge on any atom is -0.481 e. The van der Waals surface area contributed by atoms with Crippen LogP contribution in [0.3, 0.4) is 0 Å². The van der Waals surface area contributed by atoms with Crippen molar-refractivity contribution in [2.45, 2.75) is 38.8 Å². The van der Waals surface area contributed by atoms with Gasteiger partial charge in [-0.25, -0.2) is 4.79 Å². The van der Waals surface area contributed by atoms with E-state index in [1.807, 2.05) is 0 Å².